The average Bonchev–Trinajstić information content (AvgIpc) is 2.94. The predicted octanol–water partition coefficient (Wildman–Crippen LogP) is 6.73. The van der Waals surface area contributed by atoms with Crippen molar-refractivity contribution in [3.63, 3.8) is 0 Å². The van der Waals surface area contributed by atoms with E-state index in [9.17, 15) is 29.8 Å². The van der Waals surface area contributed by atoms with Crippen LogP contribution < -0.4 is 9.47 Å². The van der Waals surface area contributed by atoms with Crippen LogP contribution in [-0.2, 0) is 9.59 Å². The predicted molar refractivity (Wildman–Crippen MR) is 157 cm³/mol. The molecule has 0 saturated carbocycles. The van der Waals surface area contributed by atoms with E-state index in [1.54, 1.807) is 13.0 Å². The van der Waals surface area contributed by atoms with Gasteiger partial charge in [-0.1, -0.05) is 0 Å². The Kier molecular flexibility index (Phi) is 8.11. The zero-order valence-corrected chi connectivity index (χ0v) is 24.8. The Balaban J connectivity index is 1.66. The lowest BCUT2D eigenvalue weighted by atomic mass is 9.71. The monoisotopic (exact) mass is 673 g/mol. The number of hydrogen-bond acceptors (Lipinski definition) is 9. The van der Waals surface area contributed by atoms with E-state index in [1.165, 1.54) is 6.07 Å². The van der Waals surface area contributed by atoms with Gasteiger partial charge in [0.05, 0.1) is 26.1 Å². The number of ketones is 2. The standard InChI is InChI=1S/C29H28IN3O8/c1-3-31-19-7-5-9-22(34)27(19)26(28-20(31)8-6-10-23(28)35)16-13-18(30)29(25(14-16)40-4-2)41-24-12-11-17(32(36)37)15-21(24)33(38)39/h11-15,26H,3-10H2,1-2H3. The van der Waals surface area contributed by atoms with Gasteiger partial charge in [0.25, 0.3) is 5.69 Å². The van der Waals surface area contributed by atoms with Crippen LogP contribution in [0.1, 0.15) is 63.9 Å². The first-order valence-electron chi connectivity index (χ1n) is 13.5. The number of rotatable bonds is 8. The van der Waals surface area contributed by atoms with Crippen LogP contribution in [0.25, 0.3) is 0 Å². The van der Waals surface area contributed by atoms with Crippen LogP contribution in [0.15, 0.2) is 52.9 Å². The lowest BCUT2D eigenvalue weighted by molar-refractivity contribution is -0.394. The summed E-state index contributed by atoms with van der Waals surface area (Å²) in [6.07, 6.45) is 3.89. The van der Waals surface area contributed by atoms with Crippen molar-refractivity contribution in [1.82, 2.24) is 4.90 Å². The Morgan fingerprint density at radius 1 is 0.902 bits per heavy atom. The van der Waals surface area contributed by atoms with Crippen molar-refractivity contribution in [3.05, 3.63) is 82.2 Å². The number of allylic oxidation sites excluding steroid dienone is 4. The Morgan fingerprint density at radius 2 is 1.54 bits per heavy atom. The van der Waals surface area contributed by atoms with Crippen molar-refractivity contribution in [3.8, 4) is 17.2 Å². The Morgan fingerprint density at radius 3 is 2.07 bits per heavy atom. The number of ether oxygens (including phenoxy) is 2. The quantitative estimate of drug-likeness (QED) is 0.169. The first kappa shape index (κ1) is 28.7. The van der Waals surface area contributed by atoms with Gasteiger partial charge in [-0.3, -0.25) is 29.8 Å². The summed E-state index contributed by atoms with van der Waals surface area (Å²) < 4.78 is 12.5. The first-order chi connectivity index (χ1) is 19.7. The fraction of sp³-hybridized carbons (Fsp3) is 0.379. The molecule has 12 heteroatoms. The van der Waals surface area contributed by atoms with Crippen LogP contribution in [0, 0.1) is 23.8 Å². The Labute approximate surface area is 249 Å². The molecule has 0 radical (unpaired) electrons. The highest BCUT2D eigenvalue weighted by atomic mass is 127. The van der Waals surface area contributed by atoms with Gasteiger partial charge in [0.2, 0.25) is 5.75 Å². The van der Waals surface area contributed by atoms with Gasteiger partial charge in [0.15, 0.2) is 23.1 Å². The number of benzene rings is 2. The third-order valence-electron chi connectivity index (χ3n) is 7.63. The highest BCUT2D eigenvalue weighted by Gasteiger charge is 2.43. The SMILES string of the molecule is CCOc1cc(C2C3=C(CCCC3=O)N(CC)C3=C2C(=O)CCC3)cc(I)c1Oc1ccc([N+](=O)[O-])cc1[N+](=O)[O-]. The number of carbonyl (C=O) groups is 2. The zero-order chi connectivity index (χ0) is 29.4. The maximum Gasteiger partial charge on any atom is 0.318 e. The summed E-state index contributed by atoms with van der Waals surface area (Å²) in [6, 6.07) is 6.73. The molecule has 41 heavy (non-hydrogen) atoms. The number of non-ortho nitro benzene ring substituents is 1. The van der Waals surface area contributed by atoms with Crippen LogP contribution in [-0.4, -0.2) is 39.5 Å². The highest BCUT2D eigenvalue weighted by molar-refractivity contribution is 14.1. The Hall–Kier alpha value is -3.81. The largest absolute Gasteiger partial charge is 0.490 e. The van der Waals surface area contributed by atoms with E-state index in [0.717, 1.165) is 49.2 Å². The maximum absolute atomic E-state index is 13.4. The number of nitro groups is 2. The van der Waals surface area contributed by atoms with Gasteiger partial charge in [-0.15, -0.1) is 0 Å². The van der Waals surface area contributed by atoms with Crippen molar-refractivity contribution in [2.24, 2.45) is 0 Å². The summed E-state index contributed by atoms with van der Waals surface area (Å²) >= 11 is 2.04. The number of nitro benzene ring substituents is 2. The molecular weight excluding hydrogens is 645 g/mol. The minimum Gasteiger partial charge on any atom is -0.490 e. The van der Waals surface area contributed by atoms with E-state index in [1.807, 2.05) is 35.6 Å². The summed E-state index contributed by atoms with van der Waals surface area (Å²) in [5, 5.41) is 22.9. The molecule has 0 atom stereocenters. The first-order valence-corrected chi connectivity index (χ1v) is 14.6. The molecule has 0 spiro atoms. The minimum absolute atomic E-state index is 0.0365. The van der Waals surface area contributed by atoms with Crippen LogP contribution in [0.5, 0.6) is 17.2 Å². The van der Waals surface area contributed by atoms with E-state index in [-0.39, 0.29) is 35.4 Å². The number of Topliss-reactive ketones (excluding diaryl/α,β-unsaturated/α-hetero) is 2. The number of carbonyl (C=O) groups excluding carboxylic acids is 2. The molecule has 2 aliphatic carbocycles. The Bertz CT molecular complexity index is 1500. The molecule has 2 aromatic carbocycles. The second-order valence-corrected chi connectivity index (χ2v) is 11.1. The highest BCUT2D eigenvalue weighted by Crippen LogP contribution is 2.51. The van der Waals surface area contributed by atoms with Crippen molar-refractivity contribution in [2.45, 2.75) is 58.3 Å². The van der Waals surface area contributed by atoms with Crippen LogP contribution in [0.4, 0.5) is 11.4 Å². The molecule has 5 rings (SSSR count). The maximum atomic E-state index is 13.4. The number of hydrogen-bond donors (Lipinski definition) is 0. The second-order valence-electron chi connectivity index (χ2n) is 9.98. The van der Waals surface area contributed by atoms with E-state index in [2.05, 4.69) is 4.90 Å². The van der Waals surface area contributed by atoms with Crippen molar-refractivity contribution in [2.75, 3.05) is 13.2 Å². The average molecular weight is 673 g/mol. The molecule has 214 valence electrons. The molecule has 11 nitrogen and oxygen atoms in total. The lowest BCUT2D eigenvalue weighted by Crippen LogP contribution is -2.39. The van der Waals surface area contributed by atoms with Gasteiger partial charge in [0, 0.05) is 53.9 Å². The molecular formula is C29H28IN3O8. The van der Waals surface area contributed by atoms with Gasteiger partial charge >= 0.3 is 5.69 Å². The number of halogens is 1. The normalized spacial score (nSPS) is 17.4. The fourth-order valence-corrected chi connectivity index (χ4v) is 6.74. The second kappa shape index (κ2) is 11.6. The third-order valence-corrected chi connectivity index (χ3v) is 8.43. The van der Waals surface area contributed by atoms with Crippen molar-refractivity contribution < 1.29 is 28.9 Å². The number of nitrogens with zero attached hydrogens (tertiary/aromatic N) is 3. The minimum atomic E-state index is -0.739. The van der Waals surface area contributed by atoms with Gasteiger partial charge < -0.3 is 14.4 Å². The zero-order valence-electron chi connectivity index (χ0n) is 22.6. The van der Waals surface area contributed by atoms with Crippen molar-refractivity contribution in [1.29, 1.82) is 0 Å². The topological polar surface area (TPSA) is 142 Å². The molecule has 3 aliphatic rings. The van der Waals surface area contributed by atoms with Crippen LogP contribution >= 0.6 is 22.6 Å². The van der Waals surface area contributed by atoms with E-state index in [0.29, 0.717) is 39.7 Å². The van der Waals surface area contributed by atoms with Crippen LogP contribution in [0.3, 0.4) is 0 Å². The molecule has 0 saturated heterocycles. The lowest BCUT2D eigenvalue weighted by Gasteiger charge is -2.43. The molecule has 1 heterocycles. The fourth-order valence-electron chi connectivity index (χ4n) is 6.01. The molecule has 1 aliphatic heterocycles. The van der Waals surface area contributed by atoms with Crippen molar-refractivity contribution >= 4 is 45.5 Å². The molecule has 0 fully saturated rings. The summed E-state index contributed by atoms with van der Waals surface area (Å²) in [5.74, 6) is -0.158. The molecule has 0 aromatic heterocycles. The molecule has 2 aromatic rings. The summed E-state index contributed by atoms with van der Waals surface area (Å²) in [6.45, 7) is 4.75. The summed E-state index contributed by atoms with van der Waals surface area (Å²) in [5.41, 5.74) is 3.01. The molecule has 0 N–H and O–H groups in total. The summed E-state index contributed by atoms with van der Waals surface area (Å²) in [4.78, 5) is 50.5. The molecule has 0 unspecified atom stereocenters. The van der Waals surface area contributed by atoms with Gasteiger partial charge in [-0.05, 0) is 85.9 Å². The van der Waals surface area contributed by atoms with E-state index in [4.69, 9.17) is 9.47 Å². The van der Waals surface area contributed by atoms with Crippen LogP contribution in [0.2, 0.25) is 0 Å². The molecule has 0 amide bonds. The molecule has 0 bridgehead atoms. The smallest absolute Gasteiger partial charge is 0.318 e. The summed E-state index contributed by atoms with van der Waals surface area (Å²) in [7, 11) is 0. The van der Waals surface area contributed by atoms with Gasteiger partial charge in [-0.25, -0.2) is 0 Å². The van der Waals surface area contributed by atoms with E-state index < -0.39 is 27.1 Å². The van der Waals surface area contributed by atoms with Gasteiger partial charge in [0.1, 0.15) is 0 Å². The van der Waals surface area contributed by atoms with E-state index >= 15 is 0 Å². The van der Waals surface area contributed by atoms with Gasteiger partial charge in [-0.2, -0.15) is 0 Å². The third kappa shape index (κ3) is 5.20.